The van der Waals surface area contributed by atoms with Gasteiger partial charge in [0.25, 0.3) is 0 Å². The van der Waals surface area contributed by atoms with E-state index in [9.17, 15) is 9.59 Å². The van der Waals surface area contributed by atoms with Gasteiger partial charge < -0.3 is 10.2 Å². The molecule has 1 saturated heterocycles. The highest BCUT2D eigenvalue weighted by Crippen LogP contribution is 2.26. The largest absolute Gasteiger partial charge is 0.371 e. The molecule has 1 aromatic heterocycles. The van der Waals surface area contributed by atoms with Crippen molar-refractivity contribution >= 4 is 45.1 Å². The Labute approximate surface area is 155 Å². The number of carbonyl (C=O) groups excluding carboxylic acids is 2. The standard InChI is InChI=1S/C20H19N3O2S/c24-12-14-1-4-17(5-2-14)23-9-7-15(8-10-23)20(25)22-16-3-6-19-18(11-16)21-13-26-19/h1-6,11-13,15H,7-10H2,(H,22,25). The molecule has 0 saturated carbocycles. The molecule has 2 heterocycles. The van der Waals surface area contributed by atoms with Crippen LogP contribution < -0.4 is 10.2 Å². The zero-order valence-corrected chi connectivity index (χ0v) is 15.0. The number of aromatic nitrogens is 1. The number of thiazole rings is 1. The Kier molecular flexibility index (Phi) is 4.67. The van der Waals surface area contributed by atoms with Gasteiger partial charge in [0, 0.05) is 35.9 Å². The smallest absolute Gasteiger partial charge is 0.227 e. The summed E-state index contributed by atoms with van der Waals surface area (Å²) in [6.07, 6.45) is 2.49. The maximum absolute atomic E-state index is 12.6. The zero-order valence-electron chi connectivity index (χ0n) is 14.2. The van der Waals surface area contributed by atoms with Crippen LogP contribution >= 0.6 is 11.3 Å². The number of hydrogen-bond donors (Lipinski definition) is 1. The minimum atomic E-state index is 0.0200. The van der Waals surface area contributed by atoms with E-state index in [2.05, 4.69) is 15.2 Å². The maximum Gasteiger partial charge on any atom is 0.227 e. The van der Waals surface area contributed by atoms with Gasteiger partial charge in [-0.1, -0.05) is 0 Å². The van der Waals surface area contributed by atoms with Crippen molar-refractivity contribution in [3.63, 3.8) is 0 Å². The summed E-state index contributed by atoms with van der Waals surface area (Å²) < 4.78 is 1.12. The monoisotopic (exact) mass is 365 g/mol. The minimum Gasteiger partial charge on any atom is -0.371 e. The lowest BCUT2D eigenvalue weighted by atomic mass is 9.95. The second kappa shape index (κ2) is 7.25. The lowest BCUT2D eigenvalue weighted by molar-refractivity contribution is -0.120. The molecule has 26 heavy (non-hydrogen) atoms. The van der Waals surface area contributed by atoms with E-state index >= 15 is 0 Å². The minimum absolute atomic E-state index is 0.0200. The van der Waals surface area contributed by atoms with Gasteiger partial charge in [0.1, 0.15) is 6.29 Å². The summed E-state index contributed by atoms with van der Waals surface area (Å²) >= 11 is 1.59. The van der Waals surface area contributed by atoms with Crippen molar-refractivity contribution in [1.29, 1.82) is 0 Å². The molecule has 0 unspecified atom stereocenters. The summed E-state index contributed by atoms with van der Waals surface area (Å²) in [6, 6.07) is 13.4. The molecule has 0 spiro atoms. The van der Waals surface area contributed by atoms with Gasteiger partial charge in [-0.3, -0.25) is 9.59 Å². The van der Waals surface area contributed by atoms with Crippen LogP contribution in [0.5, 0.6) is 0 Å². The number of carbonyl (C=O) groups is 2. The lowest BCUT2D eigenvalue weighted by Crippen LogP contribution is -2.38. The predicted molar refractivity (Wildman–Crippen MR) is 105 cm³/mol. The Hall–Kier alpha value is -2.73. The molecule has 0 aliphatic carbocycles. The second-order valence-corrected chi connectivity index (χ2v) is 7.38. The topological polar surface area (TPSA) is 62.3 Å². The number of amides is 1. The number of hydrogen-bond acceptors (Lipinski definition) is 5. The fraction of sp³-hybridized carbons (Fsp3) is 0.250. The molecule has 2 aromatic carbocycles. The van der Waals surface area contributed by atoms with E-state index in [-0.39, 0.29) is 11.8 Å². The number of benzene rings is 2. The van der Waals surface area contributed by atoms with Crippen molar-refractivity contribution < 1.29 is 9.59 Å². The van der Waals surface area contributed by atoms with Crippen molar-refractivity contribution in [2.24, 2.45) is 5.92 Å². The molecule has 0 bridgehead atoms. The molecule has 4 rings (SSSR count). The fourth-order valence-corrected chi connectivity index (χ4v) is 4.00. The van der Waals surface area contributed by atoms with Gasteiger partial charge in [0.15, 0.2) is 0 Å². The average Bonchev–Trinajstić information content (AvgIpc) is 3.16. The van der Waals surface area contributed by atoms with Crippen LogP contribution in [0.15, 0.2) is 48.0 Å². The fourth-order valence-electron chi connectivity index (χ4n) is 3.34. The Morgan fingerprint density at radius 3 is 2.65 bits per heavy atom. The van der Waals surface area contributed by atoms with Crippen LogP contribution in [0.25, 0.3) is 10.2 Å². The highest BCUT2D eigenvalue weighted by atomic mass is 32.1. The molecule has 0 atom stereocenters. The first-order chi connectivity index (χ1) is 12.7. The van der Waals surface area contributed by atoms with Gasteiger partial charge in [0.2, 0.25) is 5.91 Å². The number of fused-ring (bicyclic) bond motifs is 1. The number of piperidine rings is 1. The molecular formula is C20H19N3O2S. The van der Waals surface area contributed by atoms with E-state index < -0.39 is 0 Å². The highest BCUT2D eigenvalue weighted by molar-refractivity contribution is 7.16. The van der Waals surface area contributed by atoms with Crippen molar-refractivity contribution in [3.8, 4) is 0 Å². The van der Waals surface area contributed by atoms with E-state index in [0.29, 0.717) is 5.56 Å². The second-order valence-electron chi connectivity index (χ2n) is 6.49. The maximum atomic E-state index is 12.6. The summed E-state index contributed by atoms with van der Waals surface area (Å²) in [7, 11) is 0. The van der Waals surface area contributed by atoms with Gasteiger partial charge in [0.05, 0.1) is 15.7 Å². The van der Waals surface area contributed by atoms with Crippen LogP contribution in [0.2, 0.25) is 0 Å². The van der Waals surface area contributed by atoms with Gasteiger partial charge in [-0.2, -0.15) is 0 Å². The van der Waals surface area contributed by atoms with Crippen molar-refractivity contribution in [1.82, 2.24) is 4.98 Å². The first kappa shape index (κ1) is 16.7. The van der Waals surface area contributed by atoms with E-state index in [1.807, 2.05) is 48.0 Å². The summed E-state index contributed by atoms with van der Waals surface area (Å²) in [5, 5.41) is 3.03. The Morgan fingerprint density at radius 1 is 1.15 bits per heavy atom. The van der Waals surface area contributed by atoms with Crippen LogP contribution in [0.4, 0.5) is 11.4 Å². The van der Waals surface area contributed by atoms with Crippen molar-refractivity contribution in [3.05, 3.63) is 53.5 Å². The number of rotatable bonds is 4. The van der Waals surface area contributed by atoms with E-state index in [1.165, 1.54) is 0 Å². The van der Waals surface area contributed by atoms with Crippen molar-refractivity contribution in [2.75, 3.05) is 23.3 Å². The Bertz CT molecular complexity index is 928. The highest BCUT2D eigenvalue weighted by Gasteiger charge is 2.25. The molecule has 132 valence electrons. The molecule has 1 N–H and O–H groups in total. The van der Waals surface area contributed by atoms with Gasteiger partial charge in [-0.05, 0) is 55.3 Å². The SMILES string of the molecule is O=Cc1ccc(N2CCC(C(=O)Nc3ccc4scnc4c3)CC2)cc1. The Morgan fingerprint density at radius 2 is 1.92 bits per heavy atom. The summed E-state index contributed by atoms with van der Waals surface area (Å²) in [5.74, 6) is 0.0992. The molecule has 1 amide bonds. The molecule has 1 aliphatic rings. The van der Waals surface area contributed by atoms with E-state index in [1.54, 1.807) is 11.3 Å². The average molecular weight is 365 g/mol. The third-order valence-corrected chi connectivity index (χ3v) is 5.67. The summed E-state index contributed by atoms with van der Waals surface area (Å²) in [4.78, 5) is 29.9. The van der Waals surface area contributed by atoms with Crippen LogP contribution in [0.3, 0.4) is 0 Å². The van der Waals surface area contributed by atoms with Gasteiger partial charge in [-0.15, -0.1) is 11.3 Å². The zero-order chi connectivity index (χ0) is 17.9. The number of anilines is 2. The van der Waals surface area contributed by atoms with Gasteiger partial charge >= 0.3 is 0 Å². The normalized spacial score (nSPS) is 15.2. The molecule has 6 heteroatoms. The van der Waals surface area contributed by atoms with Crippen molar-refractivity contribution in [2.45, 2.75) is 12.8 Å². The third-order valence-electron chi connectivity index (χ3n) is 4.86. The molecule has 1 fully saturated rings. The van der Waals surface area contributed by atoms with E-state index in [4.69, 9.17) is 0 Å². The molecule has 0 radical (unpaired) electrons. The summed E-state index contributed by atoms with van der Waals surface area (Å²) in [6.45, 7) is 1.67. The molecular weight excluding hydrogens is 346 g/mol. The van der Waals surface area contributed by atoms with Crippen LogP contribution in [0.1, 0.15) is 23.2 Å². The third kappa shape index (κ3) is 3.46. The van der Waals surface area contributed by atoms with E-state index in [0.717, 1.165) is 53.8 Å². The Balaban J connectivity index is 1.35. The first-order valence-electron chi connectivity index (χ1n) is 8.67. The first-order valence-corrected chi connectivity index (χ1v) is 9.55. The number of aldehydes is 1. The van der Waals surface area contributed by atoms with Crippen LogP contribution in [-0.2, 0) is 4.79 Å². The number of nitrogens with zero attached hydrogens (tertiary/aromatic N) is 2. The summed E-state index contributed by atoms with van der Waals surface area (Å²) in [5.41, 5.74) is 5.32. The predicted octanol–water partition coefficient (Wildman–Crippen LogP) is 3.96. The molecule has 1 aliphatic heterocycles. The molecule has 5 nitrogen and oxygen atoms in total. The van der Waals surface area contributed by atoms with Crippen LogP contribution in [0, 0.1) is 5.92 Å². The van der Waals surface area contributed by atoms with Crippen LogP contribution in [-0.4, -0.2) is 30.3 Å². The quantitative estimate of drug-likeness (QED) is 0.711. The lowest BCUT2D eigenvalue weighted by Gasteiger charge is -2.33. The number of nitrogens with one attached hydrogen (secondary N) is 1. The molecule has 3 aromatic rings. The van der Waals surface area contributed by atoms with Gasteiger partial charge in [-0.25, -0.2) is 4.98 Å².